The van der Waals surface area contributed by atoms with Gasteiger partial charge in [-0.25, -0.2) is 0 Å². The summed E-state index contributed by atoms with van der Waals surface area (Å²) < 4.78 is 60.0. The number of carbonyl (C=O) groups excluding carboxylic acids is 1. The van der Waals surface area contributed by atoms with Gasteiger partial charge in [0.2, 0.25) is 5.91 Å². The standard InChI is InChI=1S/C30H49ClF3N3O5Si/c1-21(35-22-10-11-23(31)24(18-22)41-30(32,33)34)27(38)37(20-26(39-5)40-6)16-9-15-36-17-14-29(12-13-29)25(19-36)42-43(7,8)28(2,3)4/h10-11,18,21,25-26,35H,9,12-17,19-20H2,1-8H3. The zero-order valence-electron chi connectivity index (χ0n) is 26.8. The minimum Gasteiger partial charge on any atom is -0.412 e. The Bertz CT molecular complexity index is 1080. The summed E-state index contributed by atoms with van der Waals surface area (Å²) in [7, 11) is 1.11. The van der Waals surface area contributed by atoms with Gasteiger partial charge in [0.05, 0.1) is 17.7 Å². The third kappa shape index (κ3) is 9.96. The number of piperidine rings is 1. The molecule has 0 radical (unpaired) electrons. The molecule has 2 fully saturated rings. The maximum atomic E-state index is 13.6. The molecule has 2 unspecified atom stereocenters. The van der Waals surface area contributed by atoms with E-state index in [9.17, 15) is 18.0 Å². The van der Waals surface area contributed by atoms with Crippen LogP contribution in [-0.2, 0) is 18.7 Å². The summed E-state index contributed by atoms with van der Waals surface area (Å²) in [5, 5.41) is 2.94. The van der Waals surface area contributed by atoms with Crippen molar-refractivity contribution in [2.45, 2.75) is 96.3 Å². The third-order valence-corrected chi connectivity index (χ3v) is 14.0. The fourth-order valence-corrected chi connectivity index (χ4v) is 6.82. The van der Waals surface area contributed by atoms with Crippen LogP contribution in [0.25, 0.3) is 0 Å². The van der Waals surface area contributed by atoms with E-state index in [-0.39, 0.29) is 34.3 Å². The average Bonchev–Trinajstić information content (AvgIpc) is 3.68. The fourth-order valence-electron chi connectivity index (χ4n) is 5.28. The number of ether oxygens (including phenoxy) is 3. The number of amides is 1. The quantitative estimate of drug-likeness (QED) is 0.176. The van der Waals surface area contributed by atoms with Crippen LogP contribution in [0.1, 0.15) is 53.4 Å². The smallest absolute Gasteiger partial charge is 0.412 e. The number of anilines is 1. The van der Waals surface area contributed by atoms with Crippen LogP contribution in [0.3, 0.4) is 0 Å². The topological polar surface area (TPSA) is 72.5 Å². The van der Waals surface area contributed by atoms with Gasteiger partial charge in [-0.05, 0) is 81.4 Å². The first-order chi connectivity index (χ1) is 19.9. The molecule has 2 aliphatic rings. The number of hydrogen-bond acceptors (Lipinski definition) is 7. The molecule has 43 heavy (non-hydrogen) atoms. The van der Waals surface area contributed by atoms with Crippen molar-refractivity contribution in [2.75, 3.05) is 52.3 Å². The second kappa shape index (κ2) is 14.2. The van der Waals surface area contributed by atoms with Crippen molar-refractivity contribution in [1.82, 2.24) is 9.80 Å². The molecular formula is C30H49ClF3N3O5Si. The molecule has 1 aromatic carbocycles. The molecule has 8 nitrogen and oxygen atoms in total. The summed E-state index contributed by atoms with van der Waals surface area (Å²) in [5.74, 6) is -0.776. The summed E-state index contributed by atoms with van der Waals surface area (Å²) in [6.45, 7) is 16.5. The van der Waals surface area contributed by atoms with Gasteiger partial charge in [-0.15, -0.1) is 13.2 Å². The van der Waals surface area contributed by atoms with E-state index >= 15 is 0 Å². The van der Waals surface area contributed by atoms with E-state index in [0.717, 1.165) is 38.5 Å². The Kier molecular flexibility index (Phi) is 11.9. The Hall–Kier alpha value is -1.57. The molecule has 13 heteroatoms. The highest BCUT2D eigenvalue weighted by molar-refractivity contribution is 6.74. The van der Waals surface area contributed by atoms with Crippen molar-refractivity contribution in [3.8, 4) is 5.75 Å². The Morgan fingerprint density at radius 2 is 1.84 bits per heavy atom. The number of alkyl halides is 3. The number of benzene rings is 1. The molecule has 246 valence electrons. The summed E-state index contributed by atoms with van der Waals surface area (Å²) in [6.07, 6.45) is -0.928. The summed E-state index contributed by atoms with van der Waals surface area (Å²) in [4.78, 5) is 17.7. The normalized spacial score (nSPS) is 19.9. The molecule has 1 aliphatic heterocycles. The van der Waals surface area contributed by atoms with Crippen LogP contribution in [0.15, 0.2) is 18.2 Å². The Labute approximate surface area is 260 Å². The van der Waals surface area contributed by atoms with Crippen LogP contribution in [-0.4, -0.2) is 95.8 Å². The predicted octanol–water partition coefficient (Wildman–Crippen LogP) is 6.75. The van der Waals surface area contributed by atoms with Gasteiger partial charge in [0.1, 0.15) is 11.8 Å². The molecule has 1 saturated heterocycles. The van der Waals surface area contributed by atoms with E-state index < -0.39 is 32.8 Å². The average molecular weight is 652 g/mol. The number of nitrogens with zero attached hydrogens (tertiary/aromatic N) is 2. The highest BCUT2D eigenvalue weighted by Crippen LogP contribution is 2.56. The van der Waals surface area contributed by atoms with Gasteiger partial charge in [0, 0.05) is 39.1 Å². The van der Waals surface area contributed by atoms with Crippen molar-refractivity contribution in [2.24, 2.45) is 5.41 Å². The molecule has 2 atom stereocenters. The third-order valence-electron chi connectivity index (χ3n) is 9.19. The van der Waals surface area contributed by atoms with E-state index in [2.05, 4.69) is 48.8 Å². The van der Waals surface area contributed by atoms with E-state index in [1.165, 1.54) is 39.2 Å². The second-order valence-electron chi connectivity index (χ2n) is 13.4. The monoisotopic (exact) mass is 651 g/mol. The molecule has 1 spiro atoms. The molecule has 1 aromatic rings. The van der Waals surface area contributed by atoms with Crippen LogP contribution in [0.2, 0.25) is 23.2 Å². The number of halogens is 4. The first kappa shape index (κ1) is 35.9. The minimum atomic E-state index is -4.89. The summed E-state index contributed by atoms with van der Waals surface area (Å²) in [5.41, 5.74) is 0.598. The molecule has 1 amide bonds. The molecule has 1 N–H and O–H groups in total. The van der Waals surface area contributed by atoms with Crippen LogP contribution < -0.4 is 10.1 Å². The number of likely N-dealkylation sites (tertiary alicyclic amines) is 1. The number of hydrogen-bond donors (Lipinski definition) is 1. The maximum absolute atomic E-state index is 13.6. The van der Waals surface area contributed by atoms with Crippen molar-refractivity contribution in [3.63, 3.8) is 0 Å². The highest BCUT2D eigenvalue weighted by Gasteiger charge is 2.54. The Balaban J connectivity index is 1.63. The van der Waals surface area contributed by atoms with Gasteiger partial charge < -0.3 is 33.8 Å². The molecule has 1 aliphatic carbocycles. The van der Waals surface area contributed by atoms with Crippen LogP contribution >= 0.6 is 11.6 Å². The predicted molar refractivity (Wildman–Crippen MR) is 165 cm³/mol. The Morgan fingerprint density at radius 1 is 1.19 bits per heavy atom. The van der Waals surface area contributed by atoms with E-state index in [4.69, 9.17) is 25.5 Å². The van der Waals surface area contributed by atoms with Crippen LogP contribution in [0.4, 0.5) is 18.9 Å². The van der Waals surface area contributed by atoms with Crippen molar-refractivity contribution >= 4 is 31.5 Å². The minimum absolute atomic E-state index is 0.148. The number of rotatable bonds is 14. The molecule has 1 heterocycles. The molecule has 1 saturated carbocycles. The van der Waals surface area contributed by atoms with Gasteiger partial charge in [-0.3, -0.25) is 4.79 Å². The van der Waals surface area contributed by atoms with Gasteiger partial charge in [-0.1, -0.05) is 32.4 Å². The molecule has 0 aromatic heterocycles. The van der Waals surface area contributed by atoms with Crippen LogP contribution in [0, 0.1) is 5.41 Å². The first-order valence-corrected chi connectivity index (χ1v) is 18.2. The highest BCUT2D eigenvalue weighted by atomic mass is 35.5. The lowest BCUT2D eigenvalue weighted by molar-refractivity contribution is -0.274. The lowest BCUT2D eigenvalue weighted by atomic mass is 9.90. The molecular weight excluding hydrogens is 603 g/mol. The number of carbonyl (C=O) groups is 1. The van der Waals surface area contributed by atoms with Crippen molar-refractivity contribution in [1.29, 1.82) is 0 Å². The van der Waals surface area contributed by atoms with Crippen molar-refractivity contribution in [3.05, 3.63) is 23.2 Å². The van der Waals surface area contributed by atoms with Gasteiger partial charge in [0.25, 0.3) is 0 Å². The molecule has 3 rings (SSSR count). The number of nitrogens with one attached hydrogen (secondary N) is 1. The first-order valence-electron chi connectivity index (χ1n) is 15.0. The fraction of sp³-hybridized carbons (Fsp3) is 0.767. The lowest BCUT2D eigenvalue weighted by Crippen LogP contribution is -2.53. The van der Waals surface area contributed by atoms with Crippen molar-refractivity contribution < 1.29 is 36.6 Å². The van der Waals surface area contributed by atoms with Gasteiger partial charge in [0.15, 0.2) is 14.6 Å². The zero-order valence-corrected chi connectivity index (χ0v) is 28.5. The van der Waals surface area contributed by atoms with E-state index in [1.807, 2.05) is 0 Å². The number of methoxy groups -OCH3 is 2. The summed E-state index contributed by atoms with van der Waals surface area (Å²) in [6, 6.07) is 3.17. The largest absolute Gasteiger partial charge is 0.573 e. The van der Waals surface area contributed by atoms with E-state index in [1.54, 1.807) is 11.8 Å². The van der Waals surface area contributed by atoms with E-state index in [0.29, 0.717) is 12.0 Å². The van der Waals surface area contributed by atoms with Crippen LogP contribution in [0.5, 0.6) is 5.75 Å². The zero-order chi connectivity index (χ0) is 32.2. The maximum Gasteiger partial charge on any atom is 0.573 e. The molecule has 0 bridgehead atoms. The van der Waals surface area contributed by atoms with Gasteiger partial charge in [-0.2, -0.15) is 0 Å². The SMILES string of the molecule is COC(CN(CCCN1CCC2(CC2)C(O[Si](C)(C)C(C)(C)C)C1)C(=O)C(C)Nc1ccc(Cl)c(OC(F)(F)F)c1)OC. The Morgan fingerprint density at radius 3 is 2.40 bits per heavy atom. The van der Waals surface area contributed by atoms with Gasteiger partial charge >= 0.3 is 6.36 Å². The lowest BCUT2D eigenvalue weighted by Gasteiger charge is -2.46. The summed E-state index contributed by atoms with van der Waals surface area (Å²) >= 11 is 5.88. The second-order valence-corrected chi connectivity index (χ2v) is 18.5.